The third-order valence-corrected chi connectivity index (χ3v) is 5.66. The van der Waals surface area contributed by atoms with Crippen molar-refractivity contribution in [3.8, 4) is 0 Å². The summed E-state index contributed by atoms with van der Waals surface area (Å²) >= 11 is 0. The van der Waals surface area contributed by atoms with Crippen molar-refractivity contribution in [2.24, 2.45) is 11.8 Å². The molecule has 0 radical (unpaired) electrons. The van der Waals surface area contributed by atoms with Crippen molar-refractivity contribution in [3.63, 3.8) is 0 Å². The molecule has 0 unspecified atom stereocenters. The number of benzene rings is 1. The van der Waals surface area contributed by atoms with E-state index in [-0.39, 0.29) is 35.6 Å². The van der Waals surface area contributed by atoms with Crippen molar-refractivity contribution in [2.45, 2.75) is 19.4 Å². The van der Waals surface area contributed by atoms with Gasteiger partial charge in [-0.05, 0) is 30.0 Å². The quantitative estimate of drug-likeness (QED) is 0.812. The molecule has 0 bridgehead atoms. The van der Waals surface area contributed by atoms with Crippen LogP contribution < -0.4 is 0 Å². The lowest BCUT2D eigenvalue weighted by molar-refractivity contribution is -0.140. The molecule has 28 heavy (non-hydrogen) atoms. The van der Waals surface area contributed by atoms with Gasteiger partial charge < -0.3 is 9.80 Å². The van der Waals surface area contributed by atoms with Crippen molar-refractivity contribution in [2.75, 3.05) is 19.6 Å². The first-order valence-corrected chi connectivity index (χ1v) is 9.41. The maximum atomic E-state index is 13.9. The molecule has 0 N–H and O–H groups in total. The molecular formula is C21H21F2N3O2. The van der Waals surface area contributed by atoms with Gasteiger partial charge in [-0.1, -0.05) is 18.2 Å². The minimum Gasteiger partial charge on any atom is -0.341 e. The Bertz CT molecular complexity index is 890. The zero-order valence-electron chi connectivity index (χ0n) is 15.4. The van der Waals surface area contributed by atoms with Crippen LogP contribution in [0.3, 0.4) is 0 Å². The summed E-state index contributed by atoms with van der Waals surface area (Å²) in [4.78, 5) is 33.0. The second-order valence-electron chi connectivity index (χ2n) is 7.46. The summed E-state index contributed by atoms with van der Waals surface area (Å²) in [5.41, 5.74) is 1.02. The van der Waals surface area contributed by atoms with Gasteiger partial charge in [-0.15, -0.1) is 0 Å². The minimum atomic E-state index is -0.980. The standard InChI is InChI=1S/C21H21F2N3O2/c22-18-5-1-4-15(20(18)23)9-19(27)26-12-16-6-8-25(21(28)17(16)13-26)11-14-3-2-7-24-10-14/h1-5,7,10,16-17H,6,8-9,11-13H2/t16-,17-/m0/s1. The van der Waals surface area contributed by atoms with Gasteiger partial charge in [0.15, 0.2) is 11.6 Å². The average Bonchev–Trinajstić information content (AvgIpc) is 3.14. The van der Waals surface area contributed by atoms with E-state index in [1.165, 1.54) is 12.1 Å². The van der Waals surface area contributed by atoms with Crippen LogP contribution in [0, 0.1) is 23.5 Å². The monoisotopic (exact) mass is 385 g/mol. The van der Waals surface area contributed by atoms with Gasteiger partial charge in [0, 0.05) is 44.1 Å². The van der Waals surface area contributed by atoms with Crippen molar-refractivity contribution >= 4 is 11.8 Å². The maximum absolute atomic E-state index is 13.9. The molecule has 0 spiro atoms. The van der Waals surface area contributed by atoms with Crippen LogP contribution in [0.4, 0.5) is 8.78 Å². The summed E-state index contributed by atoms with van der Waals surface area (Å²) in [6.45, 7) is 1.99. The van der Waals surface area contributed by atoms with Crippen LogP contribution in [0.25, 0.3) is 0 Å². The Hall–Kier alpha value is -2.83. The van der Waals surface area contributed by atoms with E-state index >= 15 is 0 Å². The topological polar surface area (TPSA) is 53.5 Å². The Balaban J connectivity index is 1.40. The predicted molar refractivity (Wildman–Crippen MR) is 97.9 cm³/mol. The van der Waals surface area contributed by atoms with E-state index in [1.54, 1.807) is 17.3 Å². The highest BCUT2D eigenvalue weighted by molar-refractivity contribution is 5.84. The number of amides is 2. The van der Waals surface area contributed by atoms with Crippen LogP contribution in [0.15, 0.2) is 42.7 Å². The van der Waals surface area contributed by atoms with Crippen LogP contribution in [0.1, 0.15) is 17.5 Å². The molecule has 2 amide bonds. The number of hydrogen-bond donors (Lipinski definition) is 0. The molecule has 0 aliphatic carbocycles. The molecule has 2 atom stereocenters. The van der Waals surface area contributed by atoms with Crippen LogP contribution in [-0.4, -0.2) is 46.2 Å². The van der Waals surface area contributed by atoms with Gasteiger partial charge in [0.05, 0.1) is 12.3 Å². The van der Waals surface area contributed by atoms with E-state index in [9.17, 15) is 18.4 Å². The number of hydrogen-bond acceptors (Lipinski definition) is 3. The molecule has 4 rings (SSSR count). The molecule has 146 valence electrons. The van der Waals surface area contributed by atoms with Gasteiger partial charge in [-0.25, -0.2) is 8.78 Å². The highest BCUT2D eigenvalue weighted by Crippen LogP contribution is 2.33. The molecule has 1 aromatic carbocycles. The number of halogens is 2. The fraction of sp³-hybridized carbons (Fsp3) is 0.381. The summed E-state index contributed by atoms with van der Waals surface area (Å²) in [7, 11) is 0. The van der Waals surface area contributed by atoms with E-state index in [4.69, 9.17) is 0 Å². The van der Waals surface area contributed by atoms with Gasteiger partial charge in [-0.3, -0.25) is 14.6 Å². The number of carbonyl (C=O) groups is 2. The lowest BCUT2D eigenvalue weighted by Crippen LogP contribution is -2.44. The van der Waals surface area contributed by atoms with Crippen molar-refractivity contribution < 1.29 is 18.4 Å². The van der Waals surface area contributed by atoms with E-state index in [2.05, 4.69) is 4.98 Å². The molecule has 0 saturated carbocycles. The normalized spacial score (nSPS) is 21.7. The first kappa shape index (κ1) is 18.5. The van der Waals surface area contributed by atoms with Gasteiger partial charge in [-0.2, -0.15) is 0 Å². The highest BCUT2D eigenvalue weighted by Gasteiger charge is 2.44. The summed E-state index contributed by atoms with van der Waals surface area (Å²) in [6, 6.07) is 7.62. The molecular weight excluding hydrogens is 364 g/mol. The molecule has 2 fully saturated rings. The number of likely N-dealkylation sites (tertiary alicyclic amines) is 2. The van der Waals surface area contributed by atoms with Gasteiger partial charge in [0.2, 0.25) is 11.8 Å². The third kappa shape index (κ3) is 3.61. The zero-order chi connectivity index (χ0) is 19.7. The van der Waals surface area contributed by atoms with Crippen molar-refractivity contribution in [1.82, 2.24) is 14.8 Å². The SMILES string of the molecule is O=C(Cc1cccc(F)c1F)N1C[C@@H]2CCN(Cc3cccnc3)C(=O)[C@H]2C1. The summed E-state index contributed by atoms with van der Waals surface area (Å²) in [5.74, 6) is -2.27. The summed E-state index contributed by atoms with van der Waals surface area (Å²) in [6.07, 6.45) is 4.07. The molecule has 2 aliphatic rings. The van der Waals surface area contributed by atoms with E-state index in [0.29, 0.717) is 26.2 Å². The first-order chi connectivity index (χ1) is 13.5. The lowest BCUT2D eigenvalue weighted by atomic mass is 9.88. The molecule has 5 nitrogen and oxygen atoms in total. The smallest absolute Gasteiger partial charge is 0.228 e. The van der Waals surface area contributed by atoms with Gasteiger partial charge in [0.25, 0.3) is 0 Å². The van der Waals surface area contributed by atoms with Crippen molar-refractivity contribution in [1.29, 1.82) is 0 Å². The third-order valence-electron chi connectivity index (χ3n) is 5.66. The second-order valence-corrected chi connectivity index (χ2v) is 7.46. The number of aromatic nitrogens is 1. The van der Waals surface area contributed by atoms with E-state index < -0.39 is 11.6 Å². The second kappa shape index (κ2) is 7.66. The summed E-state index contributed by atoms with van der Waals surface area (Å²) in [5, 5.41) is 0. The number of nitrogens with zero attached hydrogens (tertiary/aromatic N) is 3. The summed E-state index contributed by atoms with van der Waals surface area (Å²) < 4.78 is 27.2. The first-order valence-electron chi connectivity index (χ1n) is 9.41. The highest BCUT2D eigenvalue weighted by atomic mass is 19.2. The Morgan fingerprint density at radius 3 is 2.82 bits per heavy atom. The number of carbonyl (C=O) groups excluding carboxylic acids is 2. The Morgan fingerprint density at radius 1 is 1.18 bits per heavy atom. The number of piperidine rings is 1. The lowest BCUT2D eigenvalue weighted by Gasteiger charge is -2.33. The zero-order valence-corrected chi connectivity index (χ0v) is 15.4. The van der Waals surface area contributed by atoms with Crippen LogP contribution in [-0.2, 0) is 22.6 Å². The van der Waals surface area contributed by atoms with Crippen LogP contribution in [0.2, 0.25) is 0 Å². The average molecular weight is 385 g/mol. The maximum Gasteiger partial charge on any atom is 0.228 e. The minimum absolute atomic E-state index is 0.0457. The molecule has 3 heterocycles. The molecule has 1 aromatic heterocycles. The van der Waals surface area contributed by atoms with Gasteiger partial charge >= 0.3 is 0 Å². The molecule has 2 aromatic rings. The molecule has 2 aliphatic heterocycles. The van der Waals surface area contributed by atoms with E-state index in [1.807, 2.05) is 17.0 Å². The molecule has 2 saturated heterocycles. The molecule has 7 heteroatoms. The largest absolute Gasteiger partial charge is 0.341 e. The Morgan fingerprint density at radius 2 is 2.04 bits per heavy atom. The fourth-order valence-electron chi connectivity index (χ4n) is 4.14. The van der Waals surface area contributed by atoms with Crippen LogP contribution in [0.5, 0.6) is 0 Å². The van der Waals surface area contributed by atoms with E-state index in [0.717, 1.165) is 18.1 Å². The number of pyridine rings is 1. The Labute approximate surface area is 162 Å². The number of rotatable bonds is 4. The Kier molecular flexibility index (Phi) is 5.07. The van der Waals surface area contributed by atoms with Crippen molar-refractivity contribution in [3.05, 3.63) is 65.5 Å². The fourth-order valence-corrected chi connectivity index (χ4v) is 4.14. The predicted octanol–water partition coefficient (Wildman–Crippen LogP) is 2.41. The van der Waals surface area contributed by atoms with Gasteiger partial charge in [0.1, 0.15) is 0 Å². The van der Waals surface area contributed by atoms with Crippen LogP contribution >= 0.6 is 0 Å². The number of fused-ring (bicyclic) bond motifs is 1.